The van der Waals surface area contributed by atoms with Crippen LogP contribution in [0.1, 0.15) is 11.1 Å². The summed E-state index contributed by atoms with van der Waals surface area (Å²) >= 11 is 5.55. The lowest BCUT2D eigenvalue weighted by Crippen LogP contribution is -2.09. The Morgan fingerprint density at radius 2 is 2.00 bits per heavy atom. The van der Waals surface area contributed by atoms with E-state index in [1.54, 1.807) is 18.2 Å². The lowest BCUT2D eigenvalue weighted by molar-refractivity contribution is -0.137. The standard InChI is InChI=1S/C14H11ClF3N3/c1-2-5-9-6-3-4-7-11(9)20-13-19-8-10(12(15)21-13)14(16,17)18/h2-4,6-8H,1,5H2,(H,19,20,21). The highest BCUT2D eigenvalue weighted by Crippen LogP contribution is 2.33. The number of anilines is 2. The molecule has 0 radical (unpaired) electrons. The lowest BCUT2D eigenvalue weighted by Gasteiger charge is -2.11. The van der Waals surface area contributed by atoms with Gasteiger partial charge in [0.2, 0.25) is 5.95 Å². The molecule has 0 aliphatic heterocycles. The van der Waals surface area contributed by atoms with Crippen molar-refractivity contribution in [2.75, 3.05) is 5.32 Å². The van der Waals surface area contributed by atoms with E-state index >= 15 is 0 Å². The molecule has 0 saturated carbocycles. The van der Waals surface area contributed by atoms with Gasteiger partial charge in [-0.1, -0.05) is 35.9 Å². The highest BCUT2D eigenvalue weighted by molar-refractivity contribution is 6.30. The molecule has 0 aliphatic rings. The van der Waals surface area contributed by atoms with Crippen LogP contribution in [0.5, 0.6) is 0 Å². The van der Waals surface area contributed by atoms with Crippen LogP contribution in [0.15, 0.2) is 43.1 Å². The number of alkyl halides is 3. The van der Waals surface area contributed by atoms with Crippen LogP contribution in [-0.4, -0.2) is 9.97 Å². The quantitative estimate of drug-likeness (QED) is 0.661. The molecule has 7 heteroatoms. The number of para-hydroxylation sites is 1. The molecule has 1 heterocycles. The van der Waals surface area contributed by atoms with Crippen LogP contribution in [0.3, 0.4) is 0 Å². The molecule has 21 heavy (non-hydrogen) atoms. The zero-order valence-electron chi connectivity index (χ0n) is 10.8. The smallest absolute Gasteiger partial charge is 0.324 e. The van der Waals surface area contributed by atoms with Crippen LogP contribution in [0, 0.1) is 0 Å². The highest BCUT2D eigenvalue weighted by atomic mass is 35.5. The summed E-state index contributed by atoms with van der Waals surface area (Å²) in [5.41, 5.74) is 0.550. The minimum atomic E-state index is -4.57. The van der Waals surface area contributed by atoms with E-state index in [0.29, 0.717) is 18.3 Å². The van der Waals surface area contributed by atoms with E-state index in [4.69, 9.17) is 11.6 Å². The van der Waals surface area contributed by atoms with Gasteiger partial charge in [-0.25, -0.2) is 9.97 Å². The van der Waals surface area contributed by atoms with Gasteiger partial charge in [0.15, 0.2) is 0 Å². The fraction of sp³-hybridized carbons (Fsp3) is 0.143. The van der Waals surface area contributed by atoms with Crippen LogP contribution in [0.2, 0.25) is 5.15 Å². The maximum absolute atomic E-state index is 12.6. The molecule has 0 aliphatic carbocycles. The zero-order valence-corrected chi connectivity index (χ0v) is 11.5. The number of hydrogen-bond donors (Lipinski definition) is 1. The minimum absolute atomic E-state index is 0.00418. The van der Waals surface area contributed by atoms with Crippen molar-refractivity contribution < 1.29 is 13.2 Å². The maximum atomic E-state index is 12.6. The second kappa shape index (κ2) is 6.13. The SMILES string of the molecule is C=CCc1ccccc1Nc1ncc(C(F)(F)F)c(Cl)n1. The second-order valence-corrected chi connectivity index (χ2v) is 4.53. The zero-order chi connectivity index (χ0) is 15.5. The predicted octanol–water partition coefficient (Wildman–Crippen LogP) is 4.62. The Bertz CT molecular complexity index is 656. The first-order valence-electron chi connectivity index (χ1n) is 5.97. The first-order valence-corrected chi connectivity index (χ1v) is 6.35. The number of nitrogens with one attached hydrogen (secondary N) is 1. The Kier molecular flexibility index (Phi) is 4.47. The molecule has 0 amide bonds. The second-order valence-electron chi connectivity index (χ2n) is 4.17. The number of nitrogens with zero attached hydrogens (tertiary/aromatic N) is 2. The van der Waals surface area contributed by atoms with Crippen molar-refractivity contribution in [1.29, 1.82) is 0 Å². The summed E-state index contributed by atoms with van der Waals surface area (Å²) in [6.07, 6.45) is -1.58. The normalized spacial score (nSPS) is 11.2. The number of hydrogen-bond acceptors (Lipinski definition) is 3. The molecule has 0 atom stereocenters. The summed E-state index contributed by atoms with van der Waals surface area (Å²) in [5.74, 6) is 0.00418. The van der Waals surface area contributed by atoms with E-state index in [-0.39, 0.29) is 5.95 Å². The summed E-state index contributed by atoms with van der Waals surface area (Å²) in [6, 6.07) is 7.29. The van der Waals surface area contributed by atoms with Gasteiger partial charge in [-0.2, -0.15) is 13.2 Å². The van der Waals surface area contributed by atoms with Gasteiger partial charge in [-0.3, -0.25) is 0 Å². The predicted molar refractivity (Wildman–Crippen MR) is 75.7 cm³/mol. The van der Waals surface area contributed by atoms with Crippen molar-refractivity contribution in [2.45, 2.75) is 12.6 Å². The van der Waals surface area contributed by atoms with Crippen molar-refractivity contribution in [1.82, 2.24) is 9.97 Å². The van der Waals surface area contributed by atoms with E-state index in [2.05, 4.69) is 21.9 Å². The molecule has 1 aromatic heterocycles. The molecule has 110 valence electrons. The third-order valence-electron chi connectivity index (χ3n) is 2.68. The number of aromatic nitrogens is 2. The maximum Gasteiger partial charge on any atom is 0.420 e. The Morgan fingerprint density at radius 1 is 1.29 bits per heavy atom. The molecule has 2 rings (SSSR count). The summed E-state index contributed by atoms with van der Waals surface area (Å²) in [7, 11) is 0. The number of rotatable bonds is 4. The van der Waals surface area contributed by atoms with Gasteiger partial charge in [0.1, 0.15) is 10.7 Å². The van der Waals surface area contributed by atoms with Gasteiger partial charge >= 0.3 is 6.18 Å². The summed E-state index contributed by atoms with van der Waals surface area (Å²) < 4.78 is 37.7. The van der Waals surface area contributed by atoms with Gasteiger partial charge < -0.3 is 5.32 Å². The molecule has 0 unspecified atom stereocenters. The number of benzene rings is 1. The molecule has 1 aromatic carbocycles. The van der Waals surface area contributed by atoms with E-state index in [9.17, 15) is 13.2 Å². The Morgan fingerprint density at radius 3 is 2.62 bits per heavy atom. The van der Waals surface area contributed by atoms with Crippen LogP contribution < -0.4 is 5.32 Å². The van der Waals surface area contributed by atoms with Crippen LogP contribution in [0.4, 0.5) is 24.8 Å². The van der Waals surface area contributed by atoms with Gasteiger partial charge in [-0.05, 0) is 18.1 Å². The van der Waals surface area contributed by atoms with E-state index in [0.717, 1.165) is 5.56 Å². The lowest BCUT2D eigenvalue weighted by atomic mass is 10.1. The van der Waals surface area contributed by atoms with Crippen LogP contribution in [-0.2, 0) is 12.6 Å². The van der Waals surface area contributed by atoms with Gasteiger partial charge in [-0.15, -0.1) is 6.58 Å². The Hall–Kier alpha value is -2.08. The molecule has 0 fully saturated rings. The monoisotopic (exact) mass is 313 g/mol. The van der Waals surface area contributed by atoms with Crippen molar-refractivity contribution in [3.05, 3.63) is 59.4 Å². The van der Waals surface area contributed by atoms with Gasteiger partial charge in [0.25, 0.3) is 0 Å². The average Bonchev–Trinajstić information content (AvgIpc) is 2.40. The van der Waals surface area contributed by atoms with E-state index in [1.165, 1.54) is 0 Å². The summed E-state index contributed by atoms with van der Waals surface area (Å²) in [6.45, 7) is 3.65. The summed E-state index contributed by atoms with van der Waals surface area (Å²) in [4.78, 5) is 7.28. The number of allylic oxidation sites excluding steroid dienone is 1. The van der Waals surface area contributed by atoms with Gasteiger partial charge in [0, 0.05) is 11.9 Å². The van der Waals surface area contributed by atoms with Crippen LogP contribution >= 0.6 is 11.6 Å². The first-order chi connectivity index (χ1) is 9.91. The molecule has 0 bridgehead atoms. The Balaban J connectivity index is 2.29. The molecular formula is C14H11ClF3N3. The van der Waals surface area contributed by atoms with Crippen molar-refractivity contribution >= 4 is 23.2 Å². The minimum Gasteiger partial charge on any atom is -0.324 e. The average molecular weight is 314 g/mol. The Labute approximate surface area is 124 Å². The topological polar surface area (TPSA) is 37.8 Å². The third kappa shape index (κ3) is 3.72. The molecular weight excluding hydrogens is 303 g/mol. The fourth-order valence-electron chi connectivity index (χ4n) is 1.71. The first kappa shape index (κ1) is 15.3. The van der Waals surface area contributed by atoms with E-state index < -0.39 is 16.9 Å². The van der Waals surface area contributed by atoms with Crippen LogP contribution in [0.25, 0.3) is 0 Å². The molecule has 0 saturated heterocycles. The molecule has 2 aromatic rings. The number of halogens is 4. The molecule has 0 spiro atoms. The van der Waals surface area contributed by atoms with Crippen molar-refractivity contribution in [3.63, 3.8) is 0 Å². The van der Waals surface area contributed by atoms with Crippen molar-refractivity contribution in [3.8, 4) is 0 Å². The van der Waals surface area contributed by atoms with Crippen molar-refractivity contribution in [2.24, 2.45) is 0 Å². The third-order valence-corrected chi connectivity index (χ3v) is 2.96. The summed E-state index contributed by atoms with van der Waals surface area (Å²) in [5, 5.41) is 2.22. The largest absolute Gasteiger partial charge is 0.420 e. The van der Waals surface area contributed by atoms with E-state index in [1.807, 2.05) is 12.1 Å². The fourth-order valence-corrected chi connectivity index (χ4v) is 1.94. The highest BCUT2D eigenvalue weighted by Gasteiger charge is 2.34. The van der Waals surface area contributed by atoms with Gasteiger partial charge in [0.05, 0.1) is 0 Å². The molecule has 3 nitrogen and oxygen atoms in total. The molecule has 1 N–H and O–H groups in total.